The summed E-state index contributed by atoms with van der Waals surface area (Å²) >= 11 is 0. The monoisotopic (exact) mass is 444 g/mol. The fourth-order valence-electron chi connectivity index (χ4n) is 5.15. The predicted molar refractivity (Wildman–Crippen MR) is 121 cm³/mol. The van der Waals surface area contributed by atoms with E-state index in [1.54, 1.807) is 24.0 Å². The first-order valence-corrected chi connectivity index (χ1v) is 11.1. The molecule has 7 heteroatoms. The fourth-order valence-corrected chi connectivity index (χ4v) is 5.15. The molecular weight excluding hydrogens is 420 g/mol. The minimum Gasteiger partial charge on any atom is -0.462 e. The van der Waals surface area contributed by atoms with Crippen LogP contribution in [-0.4, -0.2) is 24.3 Å². The zero-order valence-electron chi connectivity index (χ0n) is 18.3. The Morgan fingerprint density at radius 3 is 2.58 bits per heavy atom. The second-order valence-electron chi connectivity index (χ2n) is 8.28. The average molecular weight is 444 g/mol. The van der Waals surface area contributed by atoms with E-state index in [1.807, 2.05) is 42.5 Å². The smallest absolute Gasteiger partial charge is 0.341 e. The zero-order chi connectivity index (χ0) is 23.2. The number of ketones is 1. The molecule has 1 atom stereocenters. The molecule has 1 spiro atoms. The number of benzene rings is 2. The lowest BCUT2D eigenvalue weighted by Crippen LogP contribution is -2.51. The molecular formula is C26H24N2O5. The van der Waals surface area contributed by atoms with Crippen LogP contribution in [0.2, 0.25) is 0 Å². The molecule has 0 saturated carbocycles. The van der Waals surface area contributed by atoms with Crippen molar-refractivity contribution in [3.8, 4) is 0 Å². The molecule has 168 valence electrons. The molecule has 2 heterocycles. The first-order valence-electron chi connectivity index (χ1n) is 11.1. The second kappa shape index (κ2) is 7.92. The van der Waals surface area contributed by atoms with Gasteiger partial charge in [0, 0.05) is 24.1 Å². The van der Waals surface area contributed by atoms with Crippen LogP contribution in [0.3, 0.4) is 0 Å². The second-order valence-corrected chi connectivity index (χ2v) is 8.28. The molecule has 3 aliphatic rings. The van der Waals surface area contributed by atoms with Gasteiger partial charge in [0.25, 0.3) is 0 Å². The van der Waals surface area contributed by atoms with E-state index in [-0.39, 0.29) is 42.4 Å². The predicted octanol–water partition coefficient (Wildman–Crippen LogP) is 3.24. The SMILES string of the molecule is CCOC(=O)C1=C(N)OC2=C(C(=O)CCC2)[C@]12C(=O)N(Cc1ccccc1)c1ccccc12. The summed E-state index contributed by atoms with van der Waals surface area (Å²) in [4.78, 5) is 42.6. The van der Waals surface area contributed by atoms with Gasteiger partial charge in [0.15, 0.2) is 5.78 Å². The number of rotatable bonds is 4. The number of Topliss-reactive ketones (excluding diaryl/α,β-unsaturated/α-hetero) is 1. The van der Waals surface area contributed by atoms with E-state index in [4.69, 9.17) is 15.2 Å². The maximum absolute atomic E-state index is 14.4. The highest BCUT2D eigenvalue weighted by Gasteiger charge is 2.63. The molecule has 2 aliphatic heterocycles. The van der Waals surface area contributed by atoms with Crippen LogP contribution in [0.4, 0.5) is 5.69 Å². The molecule has 0 bridgehead atoms. The normalized spacial score (nSPS) is 21.8. The van der Waals surface area contributed by atoms with Crippen LogP contribution in [0.5, 0.6) is 0 Å². The number of carbonyl (C=O) groups is 3. The molecule has 2 N–H and O–H groups in total. The molecule has 33 heavy (non-hydrogen) atoms. The van der Waals surface area contributed by atoms with Crippen molar-refractivity contribution in [2.24, 2.45) is 5.73 Å². The Bertz CT molecular complexity index is 1230. The Kier molecular flexibility index (Phi) is 5.04. The van der Waals surface area contributed by atoms with Gasteiger partial charge in [0.1, 0.15) is 16.7 Å². The van der Waals surface area contributed by atoms with E-state index in [1.165, 1.54) is 0 Å². The van der Waals surface area contributed by atoms with Gasteiger partial charge < -0.3 is 20.1 Å². The highest BCUT2D eigenvalue weighted by atomic mass is 16.5. The third kappa shape index (κ3) is 2.99. The molecule has 2 aromatic carbocycles. The highest BCUT2D eigenvalue weighted by Crippen LogP contribution is 2.56. The standard InChI is InChI=1S/C26H24N2O5/c1-2-32-24(30)22-23(27)33-20-14-8-13-19(29)21(20)26(22)17-11-6-7-12-18(17)28(25(26)31)15-16-9-4-3-5-10-16/h3-7,9-12H,2,8,13-15,27H2,1H3/t26-/m0/s1. The number of hydrogen-bond donors (Lipinski definition) is 1. The van der Waals surface area contributed by atoms with Crippen molar-refractivity contribution in [2.75, 3.05) is 11.5 Å². The number of hydrogen-bond acceptors (Lipinski definition) is 6. The lowest BCUT2D eigenvalue weighted by molar-refractivity contribution is -0.141. The summed E-state index contributed by atoms with van der Waals surface area (Å²) < 4.78 is 11.1. The van der Waals surface area contributed by atoms with E-state index < -0.39 is 17.3 Å². The minimum absolute atomic E-state index is 0.0924. The van der Waals surface area contributed by atoms with Crippen LogP contribution in [-0.2, 0) is 35.8 Å². The number of allylic oxidation sites excluding steroid dienone is 1. The number of nitrogens with two attached hydrogens (primary N) is 1. The number of nitrogens with zero attached hydrogens (tertiary/aromatic N) is 1. The van der Waals surface area contributed by atoms with Crippen LogP contribution in [0.25, 0.3) is 0 Å². The quantitative estimate of drug-likeness (QED) is 0.727. The van der Waals surface area contributed by atoms with Crippen LogP contribution in [0.15, 0.2) is 77.4 Å². The van der Waals surface area contributed by atoms with Crippen molar-refractivity contribution >= 4 is 23.3 Å². The Morgan fingerprint density at radius 1 is 1.09 bits per heavy atom. The minimum atomic E-state index is -1.69. The number of fused-ring (bicyclic) bond motifs is 3. The van der Waals surface area contributed by atoms with E-state index in [0.717, 1.165) is 5.56 Å². The van der Waals surface area contributed by atoms with Gasteiger partial charge >= 0.3 is 5.97 Å². The Balaban J connectivity index is 1.79. The van der Waals surface area contributed by atoms with Gasteiger partial charge in [0.2, 0.25) is 11.8 Å². The van der Waals surface area contributed by atoms with Gasteiger partial charge in [0.05, 0.1) is 18.7 Å². The third-order valence-corrected chi connectivity index (χ3v) is 6.42. The van der Waals surface area contributed by atoms with E-state index >= 15 is 0 Å². The zero-order valence-corrected chi connectivity index (χ0v) is 18.3. The molecule has 7 nitrogen and oxygen atoms in total. The maximum atomic E-state index is 14.4. The van der Waals surface area contributed by atoms with Crippen molar-refractivity contribution < 1.29 is 23.9 Å². The molecule has 2 aromatic rings. The largest absolute Gasteiger partial charge is 0.462 e. The molecule has 0 saturated heterocycles. The number of anilines is 1. The van der Waals surface area contributed by atoms with Gasteiger partial charge in [-0.3, -0.25) is 9.59 Å². The van der Waals surface area contributed by atoms with Crippen LogP contribution in [0.1, 0.15) is 37.3 Å². The van der Waals surface area contributed by atoms with Gasteiger partial charge in [-0.25, -0.2) is 4.79 Å². The van der Waals surface area contributed by atoms with E-state index in [9.17, 15) is 14.4 Å². The Hall–Kier alpha value is -3.87. The first-order chi connectivity index (χ1) is 16.0. The van der Waals surface area contributed by atoms with E-state index in [0.29, 0.717) is 29.9 Å². The molecule has 1 aliphatic carbocycles. The van der Waals surface area contributed by atoms with E-state index in [2.05, 4.69) is 0 Å². The first kappa shape index (κ1) is 21.0. The molecule has 0 aromatic heterocycles. The van der Waals surface area contributed by atoms with Crippen molar-refractivity contribution in [1.29, 1.82) is 0 Å². The van der Waals surface area contributed by atoms with Gasteiger partial charge in [-0.2, -0.15) is 0 Å². The summed E-state index contributed by atoms with van der Waals surface area (Å²) in [7, 11) is 0. The van der Waals surface area contributed by atoms with Crippen molar-refractivity contribution in [3.63, 3.8) is 0 Å². The highest BCUT2D eigenvalue weighted by molar-refractivity contribution is 6.23. The van der Waals surface area contributed by atoms with Gasteiger partial charge in [-0.15, -0.1) is 0 Å². The molecule has 0 radical (unpaired) electrons. The molecule has 0 unspecified atom stereocenters. The summed E-state index contributed by atoms with van der Waals surface area (Å²) in [5, 5.41) is 0. The van der Waals surface area contributed by atoms with Gasteiger partial charge in [-0.1, -0.05) is 48.5 Å². The number of para-hydroxylation sites is 1. The van der Waals surface area contributed by atoms with Crippen LogP contribution < -0.4 is 10.6 Å². The average Bonchev–Trinajstić information content (AvgIpc) is 3.03. The fraction of sp³-hybridized carbons (Fsp3) is 0.269. The molecule has 0 fully saturated rings. The van der Waals surface area contributed by atoms with Crippen LogP contribution >= 0.6 is 0 Å². The number of ether oxygens (including phenoxy) is 2. The summed E-state index contributed by atoms with van der Waals surface area (Å²) in [6, 6.07) is 16.8. The summed E-state index contributed by atoms with van der Waals surface area (Å²) in [5.41, 5.74) is 6.77. The summed E-state index contributed by atoms with van der Waals surface area (Å²) in [6.45, 7) is 2.05. The maximum Gasteiger partial charge on any atom is 0.341 e. The van der Waals surface area contributed by atoms with Crippen molar-refractivity contribution in [3.05, 3.63) is 88.5 Å². The van der Waals surface area contributed by atoms with Crippen molar-refractivity contribution in [1.82, 2.24) is 0 Å². The third-order valence-electron chi connectivity index (χ3n) is 6.42. The number of carbonyl (C=O) groups excluding carboxylic acids is 3. The molecule has 5 rings (SSSR count). The number of amides is 1. The lowest BCUT2D eigenvalue weighted by Gasteiger charge is -2.38. The summed E-state index contributed by atoms with van der Waals surface area (Å²) in [6.07, 6.45) is 1.33. The molecule has 1 amide bonds. The Morgan fingerprint density at radius 2 is 1.82 bits per heavy atom. The summed E-state index contributed by atoms with van der Waals surface area (Å²) in [5.74, 6) is -1.20. The van der Waals surface area contributed by atoms with Crippen LogP contribution in [0, 0.1) is 0 Å². The Labute approximate surface area is 191 Å². The topological polar surface area (TPSA) is 98.9 Å². The van der Waals surface area contributed by atoms with Gasteiger partial charge in [-0.05, 0) is 25.0 Å². The van der Waals surface area contributed by atoms with Crippen molar-refractivity contribution in [2.45, 2.75) is 38.1 Å². The number of esters is 1. The lowest BCUT2D eigenvalue weighted by atomic mass is 9.64.